The molecule has 8 aromatic heterocycles. The van der Waals surface area contributed by atoms with Gasteiger partial charge in [-0.2, -0.15) is 0 Å². The summed E-state index contributed by atoms with van der Waals surface area (Å²) in [6.45, 7) is 0. The van der Waals surface area contributed by atoms with E-state index in [1.54, 1.807) is 0 Å². The number of nitrogens with zero attached hydrogens (tertiary/aromatic N) is 7. The zero-order valence-electron chi connectivity index (χ0n) is 70.4. The molecule has 20 aromatic carbocycles. The molecule has 0 aliphatic carbocycles. The van der Waals surface area contributed by atoms with Crippen molar-refractivity contribution in [2.24, 2.45) is 0 Å². The summed E-state index contributed by atoms with van der Waals surface area (Å²) in [7, 11) is 0. The topological polar surface area (TPSA) is 82.1 Å². The summed E-state index contributed by atoms with van der Waals surface area (Å²) in [5.41, 5.74) is 25.6. The summed E-state index contributed by atoms with van der Waals surface area (Å²) in [5, 5.41) is 22.2. The maximum Gasteiger partial charge on any atom is 0.235 e. The summed E-state index contributed by atoms with van der Waals surface area (Å²) >= 11 is 7.26. The minimum atomic E-state index is 0.659. The number of hydrogen-bond donors (Lipinski definition) is 1. The Morgan fingerprint density at radius 3 is 1.11 bits per heavy atom. The molecule has 0 aliphatic heterocycles. The highest BCUT2D eigenvalue weighted by Gasteiger charge is 2.27. The first-order chi connectivity index (χ1) is 64.9. The third-order valence-electron chi connectivity index (χ3n) is 26.2. The Labute approximate surface area is 767 Å². The molecule has 8 nitrogen and oxygen atoms in total. The van der Waals surface area contributed by atoms with E-state index in [0.29, 0.717) is 11.9 Å². The van der Waals surface area contributed by atoms with Crippen molar-refractivity contribution in [2.45, 2.75) is 0 Å². The van der Waals surface area contributed by atoms with Crippen LogP contribution < -0.4 is 0 Å². The normalized spacial score (nSPS) is 11.9. The number of aromatic amines is 1. The molecule has 1 N–H and O–H groups in total. The first-order valence-electron chi connectivity index (χ1n) is 44.2. The van der Waals surface area contributed by atoms with Crippen molar-refractivity contribution in [1.82, 2.24) is 38.6 Å². The highest BCUT2D eigenvalue weighted by Crippen LogP contribution is 2.52. The fraction of sp³-hybridized carbons (Fsp3) is 0. The lowest BCUT2D eigenvalue weighted by Gasteiger charge is -2.13. The lowest BCUT2D eigenvalue weighted by atomic mass is 9.97. The van der Waals surface area contributed by atoms with Crippen LogP contribution in [-0.2, 0) is 0 Å². The van der Waals surface area contributed by atoms with Crippen LogP contribution in [0.1, 0.15) is 0 Å². The van der Waals surface area contributed by atoms with Gasteiger partial charge in [-0.3, -0.25) is 9.13 Å². The van der Waals surface area contributed by atoms with Crippen molar-refractivity contribution in [3.63, 3.8) is 0 Å². The highest BCUT2D eigenvalue weighted by atomic mass is 79.9. The molecular formula is C120H73BrN8S2. The number of para-hydroxylation sites is 4. The number of fused-ring (bicyclic) bond motifs is 28. The zero-order valence-corrected chi connectivity index (χ0v) is 73.6. The molecule has 0 amide bonds. The largest absolute Gasteiger partial charge is 0.354 e. The molecule has 0 spiro atoms. The standard InChI is InChI=1S/C60H36N4S.C48H28N4S.C12H9Br/c1-3-16-37(17-4-1)39-20-15-21-42(34-39)63-53-33-31-41(36-49(53)55-56-47-26-11-14-29-54(47)65-59(56)45-24-8-7-23-44(45)58(55)63)40-30-32-52-48(35-40)43-22-10-13-28-51(43)64(52)60-61-50-27-12-9-25-46(50)57(62-60)38-18-5-2-6-19-38;1-2-12-28(13-3-1)45-34-17-6-9-19-38(34)50-48(51-45)52-40-20-10-7-14-31(40)36-26-30(23-25-41(36)52)29-22-24-39-37(27-29)43-44-35-18-8-11-21-42(35)53-47(44)33-16-5-4-15-32(33)46(43)49-39;13-12-8-4-7-11(9-12)10-5-2-1-3-6-10/h1-36H;1-27,49H;1-9H. The summed E-state index contributed by atoms with van der Waals surface area (Å²) in [6, 6.07) is 156. The third-order valence-corrected chi connectivity index (χ3v) is 29.1. The molecule has 11 heteroatoms. The van der Waals surface area contributed by atoms with Crippen LogP contribution >= 0.6 is 38.6 Å². The Bertz CT molecular complexity index is 9520. The van der Waals surface area contributed by atoms with E-state index >= 15 is 0 Å². The third kappa shape index (κ3) is 12.6. The number of nitrogens with one attached hydrogen (secondary N) is 1. The smallest absolute Gasteiger partial charge is 0.235 e. The summed E-state index contributed by atoms with van der Waals surface area (Å²) in [5.74, 6) is 1.33. The second-order valence-electron chi connectivity index (χ2n) is 33.6. The van der Waals surface area contributed by atoms with Crippen LogP contribution in [0.2, 0.25) is 0 Å². The van der Waals surface area contributed by atoms with Gasteiger partial charge in [0.05, 0.1) is 61.0 Å². The van der Waals surface area contributed by atoms with Crippen LogP contribution in [0, 0.1) is 0 Å². The quantitative estimate of drug-likeness (QED) is 0.156. The van der Waals surface area contributed by atoms with E-state index in [2.05, 4.69) is 435 Å². The van der Waals surface area contributed by atoms with E-state index in [0.717, 1.165) is 98.4 Å². The van der Waals surface area contributed by atoms with Crippen LogP contribution in [-0.4, -0.2) is 38.6 Å². The number of halogens is 1. The monoisotopic (exact) mass is 1770 g/mol. The molecule has 0 fully saturated rings. The van der Waals surface area contributed by atoms with Gasteiger partial charge in [0.25, 0.3) is 0 Å². The van der Waals surface area contributed by atoms with Crippen molar-refractivity contribution in [3.8, 4) is 84.6 Å². The number of thiophene rings is 2. The molecule has 0 unspecified atom stereocenters. The number of rotatable bonds is 9. The Kier molecular flexibility index (Phi) is 18.0. The van der Waals surface area contributed by atoms with Gasteiger partial charge >= 0.3 is 0 Å². The van der Waals surface area contributed by atoms with Crippen molar-refractivity contribution in [3.05, 3.63) is 441 Å². The van der Waals surface area contributed by atoms with Crippen LogP contribution in [0.3, 0.4) is 0 Å². The summed E-state index contributed by atoms with van der Waals surface area (Å²) in [6.07, 6.45) is 0. The zero-order chi connectivity index (χ0) is 86.3. The average molecular weight is 1770 g/mol. The van der Waals surface area contributed by atoms with E-state index in [1.165, 1.54) is 150 Å². The van der Waals surface area contributed by atoms with Gasteiger partial charge in [0.2, 0.25) is 11.9 Å². The maximum absolute atomic E-state index is 5.32. The van der Waals surface area contributed by atoms with Gasteiger partial charge in [0.1, 0.15) is 0 Å². The van der Waals surface area contributed by atoms with Crippen LogP contribution in [0.5, 0.6) is 0 Å². The number of benzene rings is 20. The van der Waals surface area contributed by atoms with Crippen molar-refractivity contribution in [1.29, 1.82) is 0 Å². The Morgan fingerprint density at radius 2 is 0.588 bits per heavy atom. The predicted molar refractivity (Wildman–Crippen MR) is 559 cm³/mol. The van der Waals surface area contributed by atoms with E-state index in [9.17, 15) is 0 Å². The highest BCUT2D eigenvalue weighted by molar-refractivity contribution is 9.10. The number of aromatic nitrogens is 8. The van der Waals surface area contributed by atoms with Crippen LogP contribution in [0.4, 0.5) is 0 Å². The summed E-state index contributed by atoms with van der Waals surface area (Å²) < 4.78 is 13.4. The molecular weight excluding hydrogens is 1700 g/mol. The molecule has 0 saturated carbocycles. The van der Waals surface area contributed by atoms with Gasteiger partial charge < -0.3 is 9.55 Å². The molecule has 0 saturated heterocycles. The molecule has 0 bridgehead atoms. The molecule has 8 heterocycles. The van der Waals surface area contributed by atoms with Crippen LogP contribution in [0.25, 0.3) is 256 Å². The van der Waals surface area contributed by atoms with E-state index in [1.807, 2.05) is 59.1 Å². The lowest BCUT2D eigenvalue weighted by Crippen LogP contribution is -2.03. The molecule has 0 aliphatic rings. The summed E-state index contributed by atoms with van der Waals surface area (Å²) in [4.78, 5) is 24.8. The maximum atomic E-state index is 5.32. The average Bonchev–Trinajstić information content (AvgIpc) is 1.51. The molecule has 28 aromatic rings. The van der Waals surface area contributed by atoms with Crippen molar-refractivity contribution in [2.75, 3.05) is 0 Å². The van der Waals surface area contributed by atoms with Gasteiger partial charge in [-0.25, -0.2) is 19.9 Å². The minimum Gasteiger partial charge on any atom is -0.354 e. The van der Waals surface area contributed by atoms with Crippen molar-refractivity contribution >= 4 is 210 Å². The predicted octanol–water partition coefficient (Wildman–Crippen LogP) is 33.7. The van der Waals surface area contributed by atoms with E-state index in [4.69, 9.17) is 19.9 Å². The first-order valence-corrected chi connectivity index (χ1v) is 46.6. The van der Waals surface area contributed by atoms with E-state index < -0.39 is 0 Å². The Hall–Kier alpha value is -16.3. The fourth-order valence-corrected chi connectivity index (χ4v) is 23.2. The first kappa shape index (κ1) is 76.0. The fourth-order valence-electron chi connectivity index (χ4n) is 20.3. The van der Waals surface area contributed by atoms with Gasteiger partial charge in [0.15, 0.2) is 0 Å². The number of H-pyrrole nitrogens is 1. The van der Waals surface area contributed by atoms with Gasteiger partial charge in [-0.15, -0.1) is 22.7 Å². The lowest BCUT2D eigenvalue weighted by molar-refractivity contribution is 1.01. The number of hydrogen-bond acceptors (Lipinski definition) is 6. The molecule has 131 heavy (non-hydrogen) atoms. The molecule has 612 valence electrons. The minimum absolute atomic E-state index is 0.659. The van der Waals surface area contributed by atoms with Crippen LogP contribution in [0.15, 0.2) is 441 Å². The van der Waals surface area contributed by atoms with Crippen molar-refractivity contribution < 1.29 is 0 Å². The molecule has 28 rings (SSSR count). The second kappa shape index (κ2) is 31.0. The SMILES string of the molecule is Brc1cccc(-c2ccccc2)c1.c1ccc(-c2cccc(-n3c4ccc(-c5ccc6c(c5)c5ccccc5n6-c5nc(-c6ccccc6)c6ccccc6n5)cc4c4c5c6ccccc6sc5c5ccccc5c43)c2)cc1.c1ccc(-c2nc(-n3c4ccccc4c4cc(-c5ccc6[nH]c7c8ccccc8c8sc9ccccc9c8c7c6c5)ccc43)nc3ccccc23)cc1. The molecule has 0 atom stereocenters. The van der Waals surface area contributed by atoms with E-state index in [-0.39, 0.29) is 0 Å². The van der Waals surface area contributed by atoms with Gasteiger partial charge in [-0.05, 0) is 154 Å². The van der Waals surface area contributed by atoms with Gasteiger partial charge in [0, 0.05) is 143 Å². The molecule has 0 radical (unpaired) electrons. The Balaban J connectivity index is 0.000000123. The second-order valence-corrected chi connectivity index (χ2v) is 36.6. The Morgan fingerprint density at radius 1 is 0.221 bits per heavy atom. The van der Waals surface area contributed by atoms with Gasteiger partial charge in [-0.1, -0.05) is 344 Å².